The molecule has 1 N–H and O–H groups in total. The molecule has 2 aromatic heterocycles. The van der Waals surface area contributed by atoms with E-state index in [-0.39, 0.29) is 11.7 Å². The summed E-state index contributed by atoms with van der Waals surface area (Å²) in [5.74, 6) is 0.677. The van der Waals surface area contributed by atoms with Crippen molar-refractivity contribution in [3.63, 3.8) is 0 Å². The highest BCUT2D eigenvalue weighted by Crippen LogP contribution is 2.31. The molecule has 0 radical (unpaired) electrons. The van der Waals surface area contributed by atoms with Crippen LogP contribution in [0.1, 0.15) is 17.5 Å². The van der Waals surface area contributed by atoms with Gasteiger partial charge in [0.25, 0.3) is 0 Å². The average molecular weight is 496 g/mol. The van der Waals surface area contributed by atoms with E-state index in [0.29, 0.717) is 21.0 Å². The number of carbonyl (C=O) groups excluding carboxylic acids is 1. The maximum Gasteiger partial charge on any atom is 0.234 e. The van der Waals surface area contributed by atoms with Crippen molar-refractivity contribution in [1.29, 1.82) is 0 Å². The summed E-state index contributed by atoms with van der Waals surface area (Å²) in [5.41, 5.74) is 5.06. The Bertz CT molecular complexity index is 1330. The lowest BCUT2D eigenvalue weighted by molar-refractivity contribution is -0.113. The van der Waals surface area contributed by atoms with Crippen LogP contribution in [0.15, 0.2) is 66.1 Å². The van der Waals surface area contributed by atoms with E-state index in [1.54, 1.807) is 24.5 Å². The Morgan fingerprint density at radius 1 is 1.03 bits per heavy atom. The highest BCUT2D eigenvalue weighted by molar-refractivity contribution is 7.99. The van der Waals surface area contributed by atoms with Gasteiger partial charge >= 0.3 is 0 Å². The summed E-state index contributed by atoms with van der Waals surface area (Å²) in [7, 11) is 0. The highest BCUT2D eigenvalue weighted by atomic mass is 35.5. The number of nitrogens with zero attached hydrogens (tertiary/aromatic N) is 4. The SMILES string of the molecule is O=C(CSc1nnc(-c2cccnc2)n1-c1ccc(Cl)c(Cl)c1)Nc1ccc2c(c1)CCC2. The Morgan fingerprint density at radius 2 is 1.91 bits per heavy atom. The number of hydrogen-bond acceptors (Lipinski definition) is 5. The summed E-state index contributed by atoms with van der Waals surface area (Å²) in [4.78, 5) is 16.9. The summed E-state index contributed by atoms with van der Waals surface area (Å²) in [6.07, 6.45) is 6.77. The van der Waals surface area contributed by atoms with Crippen LogP contribution in [0.3, 0.4) is 0 Å². The molecule has 5 rings (SSSR count). The van der Waals surface area contributed by atoms with Crippen LogP contribution in [0, 0.1) is 0 Å². The minimum absolute atomic E-state index is 0.107. The second-order valence-corrected chi connectivity index (χ2v) is 9.41. The summed E-state index contributed by atoms with van der Waals surface area (Å²) in [6, 6.07) is 15.2. The van der Waals surface area contributed by atoms with Crippen molar-refractivity contribution in [2.45, 2.75) is 24.4 Å². The Balaban J connectivity index is 1.39. The molecule has 6 nitrogen and oxygen atoms in total. The number of aryl methyl sites for hydroxylation is 2. The van der Waals surface area contributed by atoms with Crippen molar-refractivity contribution >= 4 is 46.6 Å². The normalized spacial score (nSPS) is 12.5. The number of rotatable bonds is 6. The minimum atomic E-state index is -0.107. The van der Waals surface area contributed by atoms with Gasteiger partial charge in [-0.15, -0.1) is 10.2 Å². The topological polar surface area (TPSA) is 72.7 Å². The molecule has 166 valence electrons. The number of benzene rings is 2. The first-order chi connectivity index (χ1) is 16.1. The van der Waals surface area contributed by atoms with Gasteiger partial charge in [0.15, 0.2) is 11.0 Å². The predicted molar refractivity (Wildman–Crippen MR) is 132 cm³/mol. The number of thioether (sulfide) groups is 1. The molecule has 2 aromatic carbocycles. The predicted octanol–water partition coefficient (Wildman–Crippen LogP) is 5.86. The number of pyridine rings is 1. The van der Waals surface area contributed by atoms with E-state index >= 15 is 0 Å². The maximum atomic E-state index is 12.7. The van der Waals surface area contributed by atoms with Crippen molar-refractivity contribution in [2.24, 2.45) is 0 Å². The third kappa shape index (κ3) is 4.76. The molecule has 0 fully saturated rings. The largest absolute Gasteiger partial charge is 0.325 e. The molecule has 4 aromatic rings. The van der Waals surface area contributed by atoms with Gasteiger partial charge in [-0.2, -0.15) is 0 Å². The number of aromatic nitrogens is 4. The first-order valence-electron chi connectivity index (χ1n) is 10.4. The quantitative estimate of drug-likeness (QED) is 0.339. The molecule has 0 saturated heterocycles. The summed E-state index contributed by atoms with van der Waals surface area (Å²) < 4.78 is 1.85. The van der Waals surface area contributed by atoms with E-state index in [1.807, 2.05) is 28.8 Å². The van der Waals surface area contributed by atoms with Crippen LogP contribution in [0.4, 0.5) is 5.69 Å². The standard InChI is InChI=1S/C24H19Cl2N5OS/c25-20-9-8-19(12-21(20)26)31-23(17-5-2-10-27-13-17)29-30-24(31)33-14-22(32)28-18-7-6-15-3-1-4-16(15)11-18/h2,5-13H,1,3-4,14H2,(H,28,32). The summed E-state index contributed by atoms with van der Waals surface area (Å²) >= 11 is 13.7. The minimum Gasteiger partial charge on any atom is -0.325 e. The van der Waals surface area contributed by atoms with Gasteiger partial charge in [-0.3, -0.25) is 14.3 Å². The monoisotopic (exact) mass is 495 g/mol. The molecule has 9 heteroatoms. The zero-order chi connectivity index (χ0) is 22.8. The van der Waals surface area contributed by atoms with E-state index in [4.69, 9.17) is 23.2 Å². The lowest BCUT2D eigenvalue weighted by Gasteiger charge is -2.11. The molecule has 0 saturated carbocycles. The number of hydrogen-bond donors (Lipinski definition) is 1. The molecule has 0 spiro atoms. The first-order valence-corrected chi connectivity index (χ1v) is 12.2. The van der Waals surface area contributed by atoms with E-state index in [2.05, 4.69) is 32.6 Å². The number of amides is 1. The van der Waals surface area contributed by atoms with E-state index in [9.17, 15) is 4.79 Å². The second-order valence-electron chi connectivity index (χ2n) is 7.66. The number of anilines is 1. The number of fused-ring (bicyclic) bond motifs is 1. The molecule has 1 amide bonds. The van der Waals surface area contributed by atoms with Crippen LogP contribution in [-0.4, -0.2) is 31.4 Å². The van der Waals surface area contributed by atoms with Gasteiger partial charge in [0.2, 0.25) is 5.91 Å². The molecule has 0 aliphatic heterocycles. The van der Waals surface area contributed by atoms with Gasteiger partial charge in [0.1, 0.15) is 0 Å². The van der Waals surface area contributed by atoms with Crippen LogP contribution < -0.4 is 5.32 Å². The summed E-state index contributed by atoms with van der Waals surface area (Å²) in [5, 5.41) is 13.1. The Hall–Kier alpha value is -2.87. The fraction of sp³-hybridized carbons (Fsp3) is 0.167. The van der Waals surface area contributed by atoms with Gasteiger partial charge in [-0.1, -0.05) is 41.0 Å². The Morgan fingerprint density at radius 3 is 2.73 bits per heavy atom. The van der Waals surface area contributed by atoms with Crippen LogP contribution in [0.25, 0.3) is 17.1 Å². The first kappa shape index (κ1) is 21.9. The Kier molecular flexibility index (Phi) is 6.35. The van der Waals surface area contributed by atoms with Crippen LogP contribution in [0.2, 0.25) is 10.0 Å². The Labute approximate surface area is 205 Å². The molecule has 0 atom stereocenters. The van der Waals surface area contributed by atoms with Gasteiger partial charge in [0, 0.05) is 23.6 Å². The van der Waals surface area contributed by atoms with E-state index in [0.717, 1.165) is 29.8 Å². The lowest BCUT2D eigenvalue weighted by Crippen LogP contribution is -2.14. The zero-order valence-electron chi connectivity index (χ0n) is 17.5. The fourth-order valence-corrected chi connectivity index (χ4v) is 4.92. The molecule has 0 unspecified atom stereocenters. The molecular weight excluding hydrogens is 477 g/mol. The van der Waals surface area contributed by atoms with Crippen molar-refractivity contribution in [3.8, 4) is 17.1 Å². The molecule has 1 aliphatic carbocycles. The molecule has 33 heavy (non-hydrogen) atoms. The van der Waals surface area contributed by atoms with Crippen LogP contribution in [0.5, 0.6) is 0 Å². The van der Waals surface area contributed by atoms with E-state index < -0.39 is 0 Å². The van der Waals surface area contributed by atoms with Crippen LogP contribution >= 0.6 is 35.0 Å². The molecule has 1 aliphatic rings. The fourth-order valence-electron chi connectivity index (χ4n) is 3.88. The maximum absolute atomic E-state index is 12.7. The van der Waals surface area contributed by atoms with Crippen molar-refractivity contribution in [3.05, 3.63) is 82.1 Å². The lowest BCUT2D eigenvalue weighted by atomic mass is 10.1. The summed E-state index contributed by atoms with van der Waals surface area (Å²) in [6.45, 7) is 0. The number of nitrogens with one attached hydrogen (secondary N) is 1. The molecular formula is C24H19Cl2N5OS. The number of halogens is 2. The average Bonchev–Trinajstić information content (AvgIpc) is 3.47. The van der Waals surface area contributed by atoms with Gasteiger partial charge in [-0.05, 0) is 72.9 Å². The van der Waals surface area contributed by atoms with Crippen LogP contribution in [-0.2, 0) is 17.6 Å². The highest BCUT2D eigenvalue weighted by Gasteiger charge is 2.19. The third-order valence-electron chi connectivity index (χ3n) is 5.43. The van der Waals surface area contributed by atoms with Crippen molar-refractivity contribution in [1.82, 2.24) is 19.7 Å². The van der Waals surface area contributed by atoms with E-state index in [1.165, 1.54) is 29.3 Å². The van der Waals surface area contributed by atoms with Gasteiger partial charge in [-0.25, -0.2) is 0 Å². The smallest absolute Gasteiger partial charge is 0.234 e. The number of carbonyl (C=O) groups is 1. The van der Waals surface area contributed by atoms with Gasteiger partial charge < -0.3 is 5.32 Å². The third-order valence-corrected chi connectivity index (χ3v) is 7.10. The second kappa shape index (κ2) is 9.55. The van der Waals surface area contributed by atoms with Gasteiger partial charge in [0.05, 0.1) is 21.5 Å². The molecule has 0 bridgehead atoms. The zero-order valence-corrected chi connectivity index (χ0v) is 19.8. The molecule has 2 heterocycles. The van der Waals surface area contributed by atoms with Crippen molar-refractivity contribution < 1.29 is 4.79 Å². The van der Waals surface area contributed by atoms with Crippen molar-refractivity contribution in [2.75, 3.05) is 11.1 Å².